The second kappa shape index (κ2) is 5.29. The molecule has 1 heterocycles. The van der Waals surface area contributed by atoms with E-state index in [2.05, 4.69) is 15.6 Å². The van der Waals surface area contributed by atoms with E-state index in [1.165, 1.54) is 19.3 Å². The van der Waals surface area contributed by atoms with Gasteiger partial charge in [0, 0.05) is 19.2 Å². The molecule has 5 heteroatoms. The third-order valence-electron chi connectivity index (χ3n) is 3.06. The predicted octanol–water partition coefficient (Wildman–Crippen LogP) is 3.00. The van der Waals surface area contributed by atoms with Crippen LogP contribution in [0.4, 0.5) is 20.4 Å². The smallest absolute Gasteiger partial charge is 0.168 e. The molecule has 1 saturated carbocycles. The van der Waals surface area contributed by atoms with Crippen molar-refractivity contribution < 1.29 is 8.78 Å². The fourth-order valence-corrected chi connectivity index (χ4v) is 1.82. The number of rotatable bonds is 5. The van der Waals surface area contributed by atoms with Crippen molar-refractivity contribution >= 4 is 11.6 Å². The second-order valence-corrected chi connectivity index (χ2v) is 4.36. The summed E-state index contributed by atoms with van der Waals surface area (Å²) in [6.07, 6.45) is 3.60. The van der Waals surface area contributed by atoms with Crippen LogP contribution in [0.15, 0.2) is 6.07 Å². The molecule has 0 radical (unpaired) electrons. The lowest BCUT2D eigenvalue weighted by molar-refractivity contribution is 0.333. The molecule has 1 aliphatic rings. The van der Waals surface area contributed by atoms with Crippen LogP contribution in [0.25, 0.3) is 0 Å². The molecule has 1 fully saturated rings. The summed E-state index contributed by atoms with van der Waals surface area (Å²) in [7, 11) is 0. The monoisotopic (exact) mass is 241 g/mol. The van der Waals surface area contributed by atoms with Gasteiger partial charge in [-0.1, -0.05) is 6.42 Å². The zero-order chi connectivity index (χ0) is 12.3. The van der Waals surface area contributed by atoms with Crippen LogP contribution in [0.3, 0.4) is 0 Å². The van der Waals surface area contributed by atoms with Crippen LogP contribution < -0.4 is 10.6 Å². The Labute approximate surface area is 99.6 Å². The van der Waals surface area contributed by atoms with Gasteiger partial charge in [-0.3, -0.25) is 0 Å². The molecule has 0 unspecified atom stereocenters. The first-order valence-corrected chi connectivity index (χ1v) is 6.04. The third kappa shape index (κ3) is 2.84. The molecule has 1 aliphatic carbocycles. The van der Waals surface area contributed by atoms with E-state index in [0.29, 0.717) is 19.0 Å². The standard InChI is InChI=1S/C12H17F2N3/c1-2-15-11-9(13)6-10(14)12(17-11)16-7-8-4-3-5-8/h6,8H,2-5,7H2,1H3,(H2,15,16,17). The van der Waals surface area contributed by atoms with Crippen molar-refractivity contribution in [2.75, 3.05) is 23.7 Å². The van der Waals surface area contributed by atoms with Crippen molar-refractivity contribution in [1.82, 2.24) is 4.98 Å². The first kappa shape index (κ1) is 12.1. The van der Waals surface area contributed by atoms with Crippen LogP contribution in [0.2, 0.25) is 0 Å². The minimum Gasteiger partial charge on any atom is -0.368 e. The molecule has 94 valence electrons. The first-order valence-electron chi connectivity index (χ1n) is 6.04. The fraction of sp³-hybridized carbons (Fsp3) is 0.583. The van der Waals surface area contributed by atoms with E-state index in [1.807, 2.05) is 6.92 Å². The van der Waals surface area contributed by atoms with E-state index in [4.69, 9.17) is 0 Å². The van der Waals surface area contributed by atoms with E-state index in [1.54, 1.807) is 0 Å². The maximum absolute atomic E-state index is 13.5. The molecule has 0 bridgehead atoms. The molecule has 0 aromatic carbocycles. The molecule has 0 aliphatic heterocycles. The lowest BCUT2D eigenvalue weighted by Gasteiger charge is -2.25. The molecular weight excluding hydrogens is 224 g/mol. The lowest BCUT2D eigenvalue weighted by Crippen LogP contribution is -2.22. The third-order valence-corrected chi connectivity index (χ3v) is 3.06. The summed E-state index contributed by atoms with van der Waals surface area (Å²) in [5.74, 6) is -0.454. The Bertz CT molecular complexity index is 392. The van der Waals surface area contributed by atoms with E-state index in [-0.39, 0.29) is 11.6 Å². The van der Waals surface area contributed by atoms with Crippen molar-refractivity contribution in [1.29, 1.82) is 0 Å². The summed E-state index contributed by atoms with van der Waals surface area (Å²) in [6.45, 7) is 3.10. The largest absolute Gasteiger partial charge is 0.368 e. The molecule has 0 atom stereocenters. The highest BCUT2D eigenvalue weighted by atomic mass is 19.1. The van der Waals surface area contributed by atoms with Gasteiger partial charge in [0.05, 0.1) is 0 Å². The fourth-order valence-electron chi connectivity index (χ4n) is 1.82. The average molecular weight is 241 g/mol. The minimum atomic E-state index is -0.654. The van der Waals surface area contributed by atoms with Crippen molar-refractivity contribution in [2.45, 2.75) is 26.2 Å². The number of pyridine rings is 1. The summed E-state index contributed by atoms with van der Waals surface area (Å²) >= 11 is 0. The van der Waals surface area contributed by atoms with Crippen LogP contribution in [0.5, 0.6) is 0 Å². The summed E-state index contributed by atoms with van der Waals surface area (Å²) in [5.41, 5.74) is 0. The van der Waals surface area contributed by atoms with Crippen LogP contribution in [0, 0.1) is 17.6 Å². The van der Waals surface area contributed by atoms with Gasteiger partial charge in [-0.2, -0.15) is 0 Å². The van der Waals surface area contributed by atoms with E-state index >= 15 is 0 Å². The lowest BCUT2D eigenvalue weighted by atomic mass is 9.85. The summed E-state index contributed by atoms with van der Waals surface area (Å²) in [6, 6.07) is 0.869. The topological polar surface area (TPSA) is 37.0 Å². The molecular formula is C12H17F2N3. The Morgan fingerprint density at radius 3 is 2.41 bits per heavy atom. The van der Waals surface area contributed by atoms with Gasteiger partial charge in [0.2, 0.25) is 0 Å². The highest BCUT2D eigenvalue weighted by Gasteiger charge is 2.18. The van der Waals surface area contributed by atoms with Crippen LogP contribution in [0.1, 0.15) is 26.2 Å². The zero-order valence-corrected chi connectivity index (χ0v) is 9.89. The van der Waals surface area contributed by atoms with Crippen molar-refractivity contribution in [3.05, 3.63) is 17.7 Å². The van der Waals surface area contributed by atoms with Gasteiger partial charge >= 0.3 is 0 Å². The van der Waals surface area contributed by atoms with Crippen LogP contribution in [-0.4, -0.2) is 18.1 Å². The Kier molecular flexibility index (Phi) is 3.76. The molecule has 17 heavy (non-hydrogen) atoms. The van der Waals surface area contributed by atoms with E-state index in [0.717, 1.165) is 6.07 Å². The van der Waals surface area contributed by atoms with Crippen LogP contribution >= 0.6 is 0 Å². The van der Waals surface area contributed by atoms with Gasteiger partial charge in [0.15, 0.2) is 23.3 Å². The molecule has 1 aromatic heterocycles. The highest BCUT2D eigenvalue weighted by molar-refractivity contribution is 5.47. The normalized spacial score (nSPS) is 15.5. The zero-order valence-electron chi connectivity index (χ0n) is 9.89. The van der Waals surface area contributed by atoms with E-state index < -0.39 is 11.6 Å². The summed E-state index contributed by atoms with van der Waals surface area (Å²) in [4.78, 5) is 3.92. The summed E-state index contributed by atoms with van der Waals surface area (Å²) < 4.78 is 26.8. The van der Waals surface area contributed by atoms with Crippen molar-refractivity contribution in [2.24, 2.45) is 5.92 Å². The number of nitrogens with zero attached hydrogens (tertiary/aromatic N) is 1. The van der Waals surface area contributed by atoms with Gasteiger partial charge in [-0.15, -0.1) is 0 Å². The number of nitrogens with one attached hydrogen (secondary N) is 2. The van der Waals surface area contributed by atoms with Crippen molar-refractivity contribution in [3.63, 3.8) is 0 Å². The Morgan fingerprint density at radius 1 is 1.24 bits per heavy atom. The van der Waals surface area contributed by atoms with Crippen LogP contribution in [-0.2, 0) is 0 Å². The molecule has 2 rings (SSSR count). The molecule has 0 saturated heterocycles. The maximum atomic E-state index is 13.5. The Balaban J connectivity index is 2.05. The summed E-state index contributed by atoms with van der Waals surface area (Å²) in [5, 5.41) is 5.71. The Morgan fingerprint density at radius 2 is 1.88 bits per heavy atom. The highest BCUT2D eigenvalue weighted by Crippen LogP contribution is 2.27. The van der Waals surface area contributed by atoms with Gasteiger partial charge in [0.1, 0.15) is 0 Å². The first-order chi connectivity index (χ1) is 8.20. The predicted molar refractivity (Wildman–Crippen MR) is 64.1 cm³/mol. The SMILES string of the molecule is CCNc1nc(NCC2CCC2)c(F)cc1F. The van der Waals surface area contributed by atoms with Crippen molar-refractivity contribution in [3.8, 4) is 0 Å². The van der Waals surface area contributed by atoms with Gasteiger partial charge in [-0.05, 0) is 25.7 Å². The maximum Gasteiger partial charge on any atom is 0.168 e. The Hall–Kier alpha value is -1.39. The quantitative estimate of drug-likeness (QED) is 0.832. The number of hydrogen-bond donors (Lipinski definition) is 2. The minimum absolute atomic E-state index is 0.102. The number of halogens is 2. The molecule has 0 amide bonds. The van der Waals surface area contributed by atoms with Gasteiger partial charge in [0.25, 0.3) is 0 Å². The number of aromatic nitrogens is 1. The van der Waals surface area contributed by atoms with E-state index in [9.17, 15) is 8.78 Å². The molecule has 1 aromatic rings. The second-order valence-electron chi connectivity index (χ2n) is 4.36. The molecule has 0 spiro atoms. The van der Waals surface area contributed by atoms with Gasteiger partial charge in [-0.25, -0.2) is 13.8 Å². The average Bonchev–Trinajstić information content (AvgIpc) is 2.22. The molecule has 3 nitrogen and oxygen atoms in total. The molecule has 2 N–H and O–H groups in total. The number of hydrogen-bond acceptors (Lipinski definition) is 3. The number of anilines is 2. The van der Waals surface area contributed by atoms with Gasteiger partial charge < -0.3 is 10.6 Å².